The topological polar surface area (TPSA) is 63.0 Å². The molecule has 0 saturated carbocycles. The van der Waals surface area contributed by atoms with Crippen molar-refractivity contribution in [2.24, 2.45) is 5.92 Å². The molecule has 7 heteroatoms. The van der Waals surface area contributed by atoms with Gasteiger partial charge in [0, 0.05) is 19.6 Å². The molecule has 23 heavy (non-hydrogen) atoms. The number of rotatable bonds is 1. The second-order valence-electron chi connectivity index (χ2n) is 7.20. The molecular formula is C16H21BrN2O4. The Morgan fingerprint density at radius 2 is 2.00 bits per heavy atom. The number of nitrogens with zero attached hydrogens (tertiary/aromatic N) is 2. The first kappa shape index (κ1) is 16.4. The molecule has 0 aliphatic carbocycles. The number of halogens is 1. The van der Waals surface area contributed by atoms with Crippen LogP contribution in [-0.4, -0.2) is 53.1 Å². The summed E-state index contributed by atoms with van der Waals surface area (Å²) < 4.78 is 11.4. The van der Waals surface area contributed by atoms with Crippen molar-refractivity contribution in [3.05, 3.63) is 22.6 Å². The van der Waals surface area contributed by atoms with E-state index in [0.29, 0.717) is 36.0 Å². The maximum absolute atomic E-state index is 12.5. The number of hydrogen-bond donors (Lipinski definition) is 0. The number of amides is 2. The largest absolute Gasteiger partial charge is 0.444 e. The first-order valence-electron chi connectivity index (χ1n) is 7.77. The van der Waals surface area contributed by atoms with E-state index in [-0.39, 0.29) is 18.0 Å². The lowest BCUT2D eigenvalue weighted by atomic mass is 10.00. The number of fused-ring (bicyclic) bond motifs is 2. The summed E-state index contributed by atoms with van der Waals surface area (Å²) in [4.78, 5) is 28.4. The minimum absolute atomic E-state index is 0.0194. The van der Waals surface area contributed by atoms with Gasteiger partial charge in [0.25, 0.3) is 5.91 Å². The van der Waals surface area contributed by atoms with E-state index in [0.717, 1.165) is 6.42 Å². The van der Waals surface area contributed by atoms with Crippen LogP contribution in [-0.2, 0) is 4.74 Å². The van der Waals surface area contributed by atoms with E-state index in [2.05, 4.69) is 15.9 Å². The first-order chi connectivity index (χ1) is 10.7. The van der Waals surface area contributed by atoms with Crippen LogP contribution >= 0.6 is 15.9 Å². The maximum Gasteiger partial charge on any atom is 0.410 e. The normalized spacial score (nSPS) is 24.0. The van der Waals surface area contributed by atoms with Crippen LogP contribution < -0.4 is 0 Å². The summed E-state index contributed by atoms with van der Waals surface area (Å²) in [6.45, 7) is 7.39. The van der Waals surface area contributed by atoms with Crippen molar-refractivity contribution in [1.82, 2.24) is 9.80 Å². The van der Waals surface area contributed by atoms with Crippen molar-refractivity contribution in [2.75, 3.05) is 19.6 Å². The Labute approximate surface area is 143 Å². The van der Waals surface area contributed by atoms with Gasteiger partial charge in [0.2, 0.25) is 0 Å². The van der Waals surface area contributed by atoms with E-state index >= 15 is 0 Å². The summed E-state index contributed by atoms with van der Waals surface area (Å²) in [6, 6.07) is 3.39. The van der Waals surface area contributed by atoms with Gasteiger partial charge in [-0.15, -0.1) is 0 Å². The van der Waals surface area contributed by atoms with Crippen LogP contribution in [0, 0.1) is 5.92 Å². The number of furan rings is 1. The highest BCUT2D eigenvalue weighted by atomic mass is 79.9. The Hall–Kier alpha value is -1.50. The number of piperidine rings is 1. The average Bonchev–Trinajstić information content (AvgIpc) is 2.99. The lowest BCUT2D eigenvalue weighted by Crippen LogP contribution is -2.47. The van der Waals surface area contributed by atoms with E-state index in [1.54, 1.807) is 21.9 Å². The zero-order valence-corrected chi connectivity index (χ0v) is 15.1. The third-order valence-corrected chi connectivity index (χ3v) is 4.54. The molecule has 0 spiro atoms. The number of hydrogen-bond acceptors (Lipinski definition) is 4. The van der Waals surface area contributed by atoms with Crippen LogP contribution in [0.4, 0.5) is 4.79 Å². The van der Waals surface area contributed by atoms with Gasteiger partial charge in [-0.1, -0.05) is 0 Å². The fraction of sp³-hybridized carbons (Fsp3) is 0.625. The van der Waals surface area contributed by atoms with Gasteiger partial charge in [0.15, 0.2) is 10.4 Å². The fourth-order valence-corrected chi connectivity index (χ4v) is 3.56. The zero-order valence-electron chi connectivity index (χ0n) is 13.5. The SMILES string of the molecule is CC(C)(C)OC(=O)N1C[C@H]2C[C@@H]1CN(C(=O)c1ccc(Br)o1)C2. The van der Waals surface area contributed by atoms with Crippen molar-refractivity contribution in [3.63, 3.8) is 0 Å². The standard InChI is InChI=1S/C16H21BrN2O4/c1-16(2,3)23-15(21)19-8-10-6-11(19)9-18(7-10)14(20)12-4-5-13(17)22-12/h4-5,10-11H,6-9H2,1-3H3/t10-,11+/m0/s1. The Balaban J connectivity index is 1.68. The Morgan fingerprint density at radius 3 is 2.61 bits per heavy atom. The van der Waals surface area contributed by atoms with Crippen molar-refractivity contribution < 1.29 is 18.7 Å². The molecule has 2 bridgehead atoms. The molecule has 0 aromatic carbocycles. The summed E-state index contributed by atoms with van der Waals surface area (Å²) in [5.74, 6) is 0.488. The highest BCUT2D eigenvalue weighted by Crippen LogP contribution is 2.32. The van der Waals surface area contributed by atoms with Gasteiger partial charge in [-0.25, -0.2) is 4.79 Å². The van der Waals surface area contributed by atoms with Crippen LogP contribution in [0.5, 0.6) is 0 Å². The van der Waals surface area contributed by atoms with Gasteiger partial charge in [0.1, 0.15) is 5.60 Å². The Bertz CT molecular complexity index is 622. The number of carbonyl (C=O) groups is 2. The van der Waals surface area contributed by atoms with E-state index < -0.39 is 5.60 Å². The summed E-state index contributed by atoms with van der Waals surface area (Å²) in [7, 11) is 0. The van der Waals surface area contributed by atoms with Crippen molar-refractivity contribution in [1.29, 1.82) is 0 Å². The third kappa shape index (κ3) is 3.54. The Kier molecular flexibility index (Phi) is 4.16. The summed E-state index contributed by atoms with van der Waals surface area (Å²) in [5, 5.41) is 0. The monoisotopic (exact) mass is 384 g/mol. The lowest BCUT2D eigenvalue weighted by Gasteiger charge is -2.32. The van der Waals surface area contributed by atoms with Gasteiger partial charge >= 0.3 is 6.09 Å². The smallest absolute Gasteiger partial charge is 0.410 e. The molecule has 2 aliphatic rings. The van der Waals surface area contributed by atoms with Crippen molar-refractivity contribution >= 4 is 27.9 Å². The molecule has 1 aromatic rings. The molecule has 3 rings (SSSR count). The number of ether oxygens (including phenoxy) is 1. The second kappa shape index (κ2) is 5.85. The maximum atomic E-state index is 12.5. The Morgan fingerprint density at radius 1 is 1.26 bits per heavy atom. The molecule has 3 heterocycles. The molecule has 2 amide bonds. The van der Waals surface area contributed by atoms with Gasteiger partial charge in [0.05, 0.1) is 6.04 Å². The van der Waals surface area contributed by atoms with Crippen LogP contribution in [0.1, 0.15) is 37.7 Å². The molecule has 1 aromatic heterocycles. The third-order valence-electron chi connectivity index (χ3n) is 4.11. The molecule has 0 N–H and O–H groups in total. The second-order valence-corrected chi connectivity index (χ2v) is 7.98. The minimum Gasteiger partial charge on any atom is -0.444 e. The van der Waals surface area contributed by atoms with Crippen molar-refractivity contribution in [2.45, 2.75) is 38.8 Å². The molecule has 2 fully saturated rings. The summed E-state index contributed by atoms with van der Waals surface area (Å²) in [5.41, 5.74) is -0.510. The van der Waals surface area contributed by atoms with Gasteiger partial charge < -0.3 is 19.0 Å². The first-order valence-corrected chi connectivity index (χ1v) is 8.56. The van der Waals surface area contributed by atoms with Crippen LogP contribution in [0.2, 0.25) is 0 Å². The number of carbonyl (C=O) groups excluding carboxylic acids is 2. The predicted octanol–water partition coefficient (Wildman–Crippen LogP) is 3.12. The average molecular weight is 385 g/mol. The molecule has 6 nitrogen and oxygen atoms in total. The minimum atomic E-state index is -0.510. The van der Waals surface area contributed by atoms with Crippen molar-refractivity contribution in [3.8, 4) is 0 Å². The highest BCUT2D eigenvalue weighted by molar-refractivity contribution is 9.10. The van der Waals surface area contributed by atoms with E-state index in [4.69, 9.17) is 9.15 Å². The van der Waals surface area contributed by atoms with Gasteiger partial charge in [-0.3, -0.25) is 4.79 Å². The van der Waals surface area contributed by atoms with Gasteiger partial charge in [-0.05, 0) is 61.2 Å². The van der Waals surface area contributed by atoms with Crippen LogP contribution in [0.3, 0.4) is 0 Å². The molecule has 0 radical (unpaired) electrons. The van der Waals surface area contributed by atoms with Crippen LogP contribution in [0.15, 0.2) is 21.2 Å². The lowest BCUT2D eigenvalue weighted by molar-refractivity contribution is 0.0206. The molecule has 2 atom stereocenters. The van der Waals surface area contributed by atoms with Gasteiger partial charge in [-0.2, -0.15) is 0 Å². The predicted molar refractivity (Wildman–Crippen MR) is 87.1 cm³/mol. The summed E-state index contributed by atoms with van der Waals surface area (Å²) >= 11 is 3.21. The van der Waals surface area contributed by atoms with E-state index in [1.807, 2.05) is 20.8 Å². The quantitative estimate of drug-likeness (QED) is 0.745. The molecule has 0 unspecified atom stereocenters. The molecular weight excluding hydrogens is 364 g/mol. The fourth-order valence-electron chi connectivity index (χ4n) is 3.25. The molecule has 2 saturated heterocycles. The molecule has 126 valence electrons. The molecule has 2 aliphatic heterocycles. The van der Waals surface area contributed by atoms with E-state index in [9.17, 15) is 9.59 Å². The summed E-state index contributed by atoms with van der Waals surface area (Å²) in [6.07, 6.45) is 0.630. The van der Waals surface area contributed by atoms with E-state index in [1.165, 1.54) is 0 Å². The van der Waals surface area contributed by atoms with Crippen LogP contribution in [0.25, 0.3) is 0 Å². The number of likely N-dealkylation sites (tertiary alicyclic amines) is 2. The zero-order chi connectivity index (χ0) is 16.8. The highest BCUT2D eigenvalue weighted by Gasteiger charge is 2.44.